The SMILES string of the molecule is CC(C)(C)CCc1cccc([N+](=O)[O-])c1. The summed E-state index contributed by atoms with van der Waals surface area (Å²) in [6, 6.07) is 6.88. The molecule has 0 aliphatic carbocycles. The predicted molar refractivity (Wildman–Crippen MR) is 60.9 cm³/mol. The molecule has 0 saturated carbocycles. The van der Waals surface area contributed by atoms with Crippen molar-refractivity contribution >= 4 is 5.69 Å². The topological polar surface area (TPSA) is 43.1 Å². The minimum Gasteiger partial charge on any atom is -0.258 e. The third-order valence-corrected chi connectivity index (χ3v) is 2.29. The number of hydrogen-bond donors (Lipinski definition) is 0. The minimum absolute atomic E-state index is 0.182. The van der Waals surface area contributed by atoms with E-state index in [1.807, 2.05) is 6.07 Å². The third kappa shape index (κ3) is 4.11. The van der Waals surface area contributed by atoms with E-state index < -0.39 is 0 Å². The molecule has 0 saturated heterocycles. The molecule has 0 radical (unpaired) electrons. The van der Waals surface area contributed by atoms with Crippen LogP contribution in [0.3, 0.4) is 0 Å². The van der Waals surface area contributed by atoms with E-state index in [1.165, 1.54) is 6.07 Å². The second-order valence-electron chi connectivity index (χ2n) is 4.99. The first kappa shape index (κ1) is 11.7. The highest BCUT2D eigenvalue weighted by molar-refractivity contribution is 5.34. The van der Waals surface area contributed by atoms with E-state index in [1.54, 1.807) is 12.1 Å². The average molecular weight is 207 g/mol. The Morgan fingerprint density at radius 2 is 2.00 bits per heavy atom. The van der Waals surface area contributed by atoms with E-state index in [2.05, 4.69) is 20.8 Å². The Labute approximate surface area is 90.3 Å². The molecule has 0 amide bonds. The largest absolute Gasteiger partial charge is 0.269 e. The van der Waals surface area contributed by atoms with Gasteiger partial charge < -0.3 is 0 Å². The van der Waals surface area contributed by atoms with Crippen molar-refractivity contribution in [2.75, 3.05) is 0 Å². The quantitative estimate of drug-likeness (QED) is 0.561. The van der Waals surface area contributed by atoms with Gasteiger partial charge in [0.05, 0.1) is 4.92 Å². The van der Waals surface area contributed by atoms with Crippen LogP contribution in [0.1, 0.15) is 32.8 Å². The lowest BCUT2D eigenvalue weighted by molar-refractivity contribution is -0.384. The van der Waals surface area contributed by atoms with Crippen molar-refractivity contribution in [1.82, 2.24) is 0 Å². The summed E-state index contributed by atoms with van der Waals surface area (Å²) >= 11 is 0. The molecule has 0 aromatic heterocycles. The Balaban J connectivity index is 2.70. The molecule has 1 aromatic carbocycles. The lowest BCUT2D eigenvalue weighted by Gasteiger charge is -2.17. The van der Waals surface area contributed by atoms with E-state index in [-0.39, 0.29) is 16.0 Å². The first-order valence-corrected chi connectivity index (χ1v) is 5.12. The molecular weight excluding hydrogens is 190 g/mol. The molecule has 0 unspecified atom stereocenters. The molecule has 1 rings (SSSR count). The lowest BCUT2D eigenvalue weighted by atomic mass is 9.89. The summed E-state index contributed by atoms with van der Waals surface area (Å²) in [5.74, 6) is 0. The van der Waals surface area contributed by atoms with Crippen LogP contribution < -0.4 is 0 Å². The summed E-state index contributed by atoms with van der Waals surface area (Å²) in [7, 11) is 0. The zero-order valence-electron chi connectivity index (χ0n) is 9.49. The zero-order chi connectivity index (χ0) is 11.5. The number of benzene rings is 1. The molecule has 0 N–H and O–H groups in total. The molecule has 0 aliphatic rings. The number of nitrogens with zero attached hydrogens (tertiary/aromatic N) is 1. The van der Waals surface area contributed by atoms with E-state index in [0.29, 0.717) is 0 Å². The van der Waals surface area contributed by atoms with E-state index in [9.17, 15) is 10.1 Å². The van der Waals surface area contributed by atoms with E-state index in [0.717, 1.165) is 18.4 Å². The van der Waals surface area contributed by atoms with Crippen LogP contribution >= 0.6 is 0 Å². The van der Waals surface area contributed by atoms with Crippen LogP contribution in [-0.2, 0) is 6.42 Å². The Bertz CT molecular complexity index is 353. The molecule has 15 heavy (non-hydrogen) atoms. The van der Waals surface area contributed by atoms with Gasteiger partial charge in [0.1, 0.15) is 0 Å². The summed E-state index contributed by atoms with van der Waals surface area (Å²) < 4.78 is 0. The van der Waals surface area contributed by atoms with Crippen LogP contribution in [0.2, 0.25) is 0 Å². The van der Waals surface area contributed by atoms with Crippen LogP contribution in [0.15, 0.2) is 24.3 Å². The molecule has 0 spiro atoms. The highest BCUT2D eigenvalue weighted by Crippen LogP contribution is 2.22. The normalized spacial score (nSPS) is 11.4. The second kappa shape index (κ2) is 4.43. The number of nitro groups is 1. The summed E-state index contributed by atoms with van der Waals surface area (Å²) in [6.07, 6.45) is 1.93. The first-order chi connectivity index (χ1) is 6.88. The van der Waals surface area contributed by atoms with Crippen molar-refractivity contribution < 1.29 is 4.92 Å². The van der Waals surface area contributed by atoms with Crippen molar-refractivity contribution in [2.24, 2.45) is 5.41 Å². The van der Waals surface area contributed by atoms with Gasteiger partial charge in [0.15, 0.2) is 0 Å². The highest BCUT2D eigenvalue weighted by atomic mass is 16.6. The molecule has 1 aromatic rings. The van der Waals surface area contributed by atoms with Gasteiger partial charge in [-0.15, -0.1) is 0 Å². The summed E-state index contributed by atoms with van der Waals surface area (Å²) in [4.78, 5) is 10.2. The van der Waals surface area contributed by atoms with Gasteiger partial charge in [-0.05, 0) is 23.8 Å². The van der Waals surface area contributed by atoms with Gasteiger partial charge in [-0.3, -0.25) is 10.1 Å². The first-order valence-electron chi connectivity index (χ1n) is 5.12. The van der Waals surface area contributed by atoms with Crippen LogP contribution in [0, 0.1) is 15.5 Å². The summed E-state index contributed by atoms with van der Waals surface area (Å²) in [5.41, 5.74) is 1.49. The second-order valence-corrected chi connectivity index (χ2v) is 4.99. The molecule has 0 aliphatic heterocycles. The number of hydrogen-bond acceptors (Lipinski definition) is 2. The van der Waals surface area contributed by atoms with Crippen LogP contribution in [0.4, 0.5) is 5.69 Å². The molecule has 3 heteroatoms. The monoisotopic (exact) mass is 207 g/mol. The number of rotatable bonds is 3. The molecule has 3 nitrogen and oxygen atoms in total. The smallest absolute Gasteiger partial charge is 0.258 e. The van der Waals surface area contributed by atoms with Crippen molar-refractivity contribution in [3.05, 3.63) is 39.9 Å². The number of aryl methyl sites for hydroxylation is 1. The van der Waals surface area contributed by atoms with Crippen LogP contribution in [0.25, 0.3) is 0 Å². The predicted octanol–water partition coefficient (Wildman–Crippen LogP) is 3.57. The number of non-ortho nitro benzene ring substituents is 1. The van der Waals surface area contributed by atoms with Gasteiger partial charge in [0, 0.05) is 12.1 Å². The maximum Gasteiger partial charge on any atom is 0.269 e. The number of nitro benzene ring substituents is 1. The summed E-state index contributed by atoms with van der Waals surface area (Å²) in [6.45, 7) is 6.51. The molecule has 82 valence electrons. The highest BCUT2D eigenvalue weighted by Gasteiger charge is 2.11. The average Bonchev–Trinajstić information content (AvgIpc) is 2.14. The van der Waals surface area contributed by atoms with Gasteiger partial charge >= 0.3 is 0 Å². The Morgan fingerprint density at radius 1 is 1.33 bits per heavy atom. The van der Waals surface area contributed by atoms with E-state index in [4.69, 9.17) is 0 Å². The maximum atomic E-state index is 10.6. The summed E-state index contributed by atoms with van der Waals surface area (Å²) in [5, 5.41) is 10.6. The fourth-order valence-corrected chi connectivity index (χ4v) is 1.34. The minimum atomic E-state index is -0.347. The zero-order valence-corrected chi connectivity index (χ0v) is 9.49. The van der Waals surface area contributed by atoms with Crippen molar-refractivity contribution in [3.8, 4) is 0 Å². The van der Waals surface area contributed by atoms with E-state index >= 15 is 0 Å². The van der Waals surface area contributed by atoms with Gasteiger partial charge in [0.2, 0.25) is 0 Å². The fourth-order valence-electron chi connectivity index (χ4n) is 1.34. The van der Waals surface area contributed by atoms with Crippen molar-refractivity contribution in [3.63, 3.8) is 0 Å². The standard InChI is InChI=1S/C12H17NO2/c1-12(2,3)8-7-10-5-4-6-11(9-10)13(14)15/h4-6,9H,7-8H2,1-3H3. The van der Waals surface area contributed by atoms with Crippen LogP contribution in [0.5, 0.6) is 0 Å². The van der Waals surface area contributed by atoms with Gasteiger partial charge in [-0.25, -0.2) is 0 Å². The van der Waals surface area contributed by atoms with Gasteiger partial charge in [-0.1, -0.05) is 32.9 Å². The third-order valence-electron chi connectivity index (χ3n) is 2.29. The van der Waals surface area contributed by atoms with Gasteiger partial charge in [0.25, 0.3) is 5.69 Å². The molecular formula is C12H17NO2. The lowest BCUT2D eigenvalue weighted by Crippen LogP contribution is -2.06. The Hall–Kier alpha value is -1.38. The molecule has 0 bridgehead atoms. The van der Waals surface area contributed by atoms with Gasteiger partial charge in [-0.2, -0.15) is 0 Å². The molecule has 0 heterocycles. The maximum absolute atomic E-state index is 10.6. The molecule has 0 atom stereocenters. The van der Waals surface area contributed by atoms with Crippen molar-refractivity contribution in [1.29, 1.82) is 0 Å². The van der Waals surface area contributed by atoms with Crippen molar-refractivity contribution in [2.45, 2.75) is 33.6 Å². The van der Waals surface area contributed by atoms with Crippen LogP contribution in [-0.4, -0.2) is 4.92 Å². The Morgan fingerprint density at radius 3 is 2.53 bits per heavy atom. The Kier molecular flexibility index (Phi) is 3.45. The molecule has 0 fully saturated rings. The fraction of sp³-hybridized carbons (Fsp3) is 0.500.